The first-order valence-electron chi connectivity index (χ1n) is 16.3. The van der Waals surface area contributed by atoms with Crippen molar-refractivity contribution in [1.29, 1.82) is 0 Å². The van der Waals surface area contributed by atoms with Crippen LogP contribution in [0.3, 0.4) is 0 Å². The van der Waals surface area contributed by atoms with Gasteiger partial charge in [0.1, 0.15) is 11.5 Å². The summed E-state index contributed by atoms with van der Waals surface area (Å²) in [5, 5.41) is 0. The van der Waals surface area contributed by atoms with Gasteiger partial charge >= 0.3 is 0 Å². The van der Waals surface area contributed by atoms with Crippen molar-refractivity contribution in [3.05, 3.63) is 113 Å². The van der Waals surface area contributed by atoms with Crippen molar-refractivity contribution in [3.63, 3.8) is 0 Å². The number of hydrogen-bond acceptors (Lipinski definition) is 3. The van der Waals surface area contributed by atoms with Crippen LogP contribution < -0.4 is 14.4 Å². The van der Waals surface area contributed by atoms with E-state index in [-0.39, 0.29) is 0 Å². The summed E-state index contributed by atoms with van der Waals surface area (Å²) in [5.41, 5.74) is 8.41. The zero-order chi connectivity index (χ0) is 30.9. The van der Waals surface area contributed by atoms with E-state index >= 15 is 0 Å². The van der Waals surface area contributed by atoms with Gasteiger partial charge in [-0.25, -0.2) is 0 Å². The molecule has 0 saturated carbocycles. The quantitative estimate of drug-likeness (QED) is 0.131. The van der Waals surface area contributed by atoms with Gasteiger partial charge in [-0.2, -0.15) is 0 Å². The van der Waals surface area contributed by atoms with Gasteiger partial charge in [0.15, 0.2) is 0 Å². The van der Waals surface area contributed by atoms with Crippen LogP contribution in [0.15, 0.2) is 91.0 Å². The van der Waals surface area contributed by atoms with Gasteiger partial charge in [-0.15, -0.1) is 0 Å². The molecule has 0 radical (unpaired) electrons. The molecule has 0 unspecified atom stereocenters. The summed E-state index contributed by atoms with van der Waals surface area (Å²) in [5.74, 6) is 2.01. The molecule has 0 aliphatic heterocycles. The fraction of sp³-hybridized carbons (Fsp3) is 0.400. The summed E-state index contributed by atoms with van der Waals surface area (Å²) < 4.78 is 11.8. The van der Waals surface area contributed by atoms with Gasteiger partial charge in [0.25, 0.3) is 0 Å². The van der Waals surface area contributed by atoms with Crippen LogP contribution in [-0.4, -0.2) is 13.2 Å². The highest BCUT2D eigenvalue weighted by atomic mass is 16.5. The first-order valence-corrected chi connectivity index (χ1v) is 16.3. The lowest BCUT2D eigenvalue weighted by Gasteiger charge is -2.25. The Morgan fingerprint density at radius 1 is 0.465 bits per heavy atom. The molecule has 43 heavy (non-hydrogen) atoms. The summed E-state index contributed by atoms with van der Waals surface area (Å²) in [6, 6.07) is 32.0. The van der Waals surface area contributed by atoms with E-state index in [2.05, 4.69) is 131 Å². The van der Waals surface area contributed by atoms with E-state index in [1.807, 2.05) is 6.07 Å². The zero-order valence-electron chi connectivity index (χ0n) is 27.5. The molecule has 0 aromatic heterocycles. The number of hydrogen-bond donors (Lipinski definition) is 0. The number of unbranched alkanes of at least 4 members (excludes halogenated alkanes) is 6. The Bertz CT molecular complexity index is 1230. The van der Waals surface area contributed by atoms with Gasteiger partial charge in [-0.3, -0.25) is 0 Å². The van der Waals surface area contributed by atoms with E-state index in [9.17, 15) is 0 Å². The number of nitrogens with zero attached hydrogens (tertiary/aromatic N) is 1. The smallest absolute Gasteiger partial charge is 0.122 e. The Balaban J connectivity index is 0.000000235. The van der Waals surface area contributed by atoms with E-state index < -0.39 is 0 Å². The Labute approximate surface area is 261 Å². The minimum absolute atomic E-state index is 0.817. The van der Waals surface area contributed by atoms with Crippen molar-refractivity contribution in [1.82, 2.24) is 0 Å². The lowest BCUT2D eigenvalue weighted by molar-refractivity contribution is 0.294. The highest BCUT2D eigenvalue weighted by molar-refractivity contribution is 5.76. The Kier molecular flexibility index (Phi) is 14.7. The van der Waals surface area contributed by atoms with Crippen LogP contribution in [0.25, 0.3) is 0 Å². The maximum atomic E-state index is 5.92. The van der Waals surface area contributed by atoms with E-state index in [0.29, 0.717) is 0 Å². The molecule has 0 heterocycles. The molecule has 3 nitrogen and oxygen atoms in total. The topological polar surface area (TPSA) is 21.7 Å². The molecule has 4 aromatic rings. The third kappa shape index (κ3) is 11.5. The van der Waals surface area contributed by atoms with E-state index in [4.69, 9.17) is 9.47 Å². The van der Waals surface area contributed by atoms with Crippen LogP contribution >= 0.6 is 0 Å². The summed E-state index contributed by atoms with van der Waals surface area (Å²) in [4.78, 5) is 2.28. The maximum absolute atomic E-state index is 5.92. The van der Waals surface area contributed by atoms with E-state index in [1.54, 1.807) is 0 Å². The predicted molar refractivity (Wildman–Crippen MR) is 186 cm³/mol. The molecule has 0 fully saturated rings. The second kappa shape index (κ2) is 18.7. The monoisotopic (exact) mass is 579 g/mol. The van der Waals surface area contributed by atoms with E-state index in [0.717, 1.165) is 37.6 Å². The maximum Gasteiger partial charge on any atom is 0.122 e. The number of para-hydroxylation sites is 1. The van der Waals surface area contributed by atoms with Crippen LogP contribution in [0.4, 0.5) is 17.1 Å². The molecular formula is C40H53NO2. The summed E-state index contributed by atoms with van der Waals surface area (Å²) in [6.45, 7) is 14.5. The lowest BCUT2D eigenvalue weighted by atomic mass is 10.1. The number of rotatable bonds is 15. The highest BCUT2D eigenvalue weighted by Crippen LogP contribution is 2.34. The van der Waals surface area contributed by atoms with Gasteiger partial charge in [-0.05, 0) is 100 Å². The predicted octanol–water partition coefficient (Wildman–Crippen LogP) is 12.0. The molecule has 0 N–H and O–H groups in total. The van der Waals surface area contributed by atoms with Crippen molar-refractivity contribution in [3.8, 4) is 11.5 Å². The first kappa shape index (κ1) is 33.8. The van der Waals surface area contributed by atoms with Crippen LogP contribution in [0, 0.1) is 27.7 Å². The number of benzene rings is 4. The molecule has 0 saturated heterocycles. The molecule has 0 bridgehead atoms. The van der Waals surface area contributed by atoms with Crippen LogP contribution in [0.5, 0.6) is 11.5 Å². The summed E-state index contributed by atoms with van der Waals surface area (Å²) in [7, 11) is 0. The summed E-state index contributed by atoms with van der Waals surface area (Å²) >= 11 is 0. The summed E-state index contributed by atoms with van der Waals surface area (Å²) in [6.07, 6.45) is 9.92. The minimum atomic E-state index is 0.817. The van der Waals surface area contributed by atoms with Gasteiger partial charge < -0.3 is 14.4 Å². The third-order valence-corrected chi connectivity index (χ3v) is 7.58. The van der Waals surface area contributed by atoms with Crippen molar-refractivity contribution in [2.75, 3.05) is 18.1 Å². The number of anilines is 3. The van der Waals surface area contributed by atoms with Crippen molar-refractivity contribution in [2.24, 2.45) is 0 Å². The van der Waals surface area contributed by atoms with Crippen molar-refractivity contribution < 1.29 is 9.47 Å². The highest BCUT2D eigenvalue weighted by Gasteiger charge is 2.11. The molecule has 4 aromatic carbocycles. The molecule has 230 valence electrons. The largest absolute Gasteiger partial charge is 0.493 e. The average molecular weight is 580 g/mol. The molecular weight excluding hydrogens is 526 g/mol. The molecule has 3 heteroatoms. The fourth-order valence-corrected chi connectivity index (χ4v) is 4.91. The Morgan fingerprint density at radius 2 is 0.860 bits per heavy atom. The van der Waals surface area contributed by atoms with Gasteiger partial charge in [0, 0.05) is 17.1 Å². The van der Waals surface area contributed by atoms with Crippen LogP contribution in [-0.2, 0) is 0 Å². The SMILES string of the molecule is CCCCCCOc1cc(C)c(OCCCCCC)cc1C.Cc1ccc(N(c2ccccc2)c2ccc(C)cc2)cc1. The van der Waals surface area contributed by atoms with Crippen molar-refractivity contribution in [2.45, 2.75) is 92.9 Å². The second-order valence-corrected chi connectivity index (χ2v) is 11.5. The third-order valence-electron chi connectivity index (χ3n) is 7.58. The van der Waals surface area contributed by atoms with Crippen LogP contribution in [0.2, 0.25) is 0 Å². The number of aryl methyl sites for hydroxylation is 4. The Hall–Kier alpha value is -3.72. The Morgan fingerprint density at radius 3 is 1.26 bits per heavy atom. The fourth-order valence-electron chi connectivity index (χ4n) is 4.91. The zero-order valence-corrected chi connectivity index (χ0v) is 27.5. The molecule has 0 aliphatic carbocycles. The minimum Gasteiger partial charge on any atom is -0.493 e. The number of ether oxygens (including phenoxy) is 2. The molecule has 0 amide bonds. The van der Waals surface area contributed by atoms with E-state index in [1.165, 1.54) is 77.8 Å². The average Bonchev–Trinajstić information content (AvgIpc) is 3.02. The van der Waals surface area contributed by atoms with Crippen molar-refractivity contribution >= 4 is 17.1 Å². The first-order chi connectivity index (χ1) is 20.9. The molecule has 0 spiro atoms. The molecule has 0 atom stereocenters. The normalized spacial score (nSPS) is 10.6. The molecule has 0 aliphatic rings. The van der Waals surface area contributed by atoms with Crippen LogP contribution in [0.1, 0.15) is 87.5 Å². The van der Waals surface area contributed by atoms with Gasteiger partial charge in [0.2, 0.25) is 0 Å². The standard InChI is InChI=1S/C20H19N.C20H34O2/c1-16-8-12-19(13-9-16)21(18-6-4-3-5-7-18)20-14-10-17(2)11-15-20;1-5-7-9-11-13-21-19-15-18(4)20(16-17(19)3)22-14-12-10-8-6-2/h3-15H,1-2H3;15-16H,5-14H2,1-4H3. The van der Waals surface area contributed by atoms with Gasteiger partial charge in [-0.1, -0.05) is 106 Å². The molecule has 4 rings (SSSR count). The second-order valence-electron chi connectivity index (χ2n) is 11.5. The lowest BCUT2D eigenvalue weighted by Crippen LogP contribution is -2.09. The van der Waals surface area contributed by atoms with Gasteiger partial charge in [0.05, 0.1) is 13.2 Å².